The van der Waals surface area contributed by atoms with Gasteiger partial charge in [-0.3, -0.25) is 4.79 Å². The Balaban J connectivity index is 1.92. The molecule has 2 aromatic carbocycles. The van der Waals surface area contributed by atoms with Crippen molar-refractivity contribution in [2.45, 2.75) is 24.0 Å². The van der Waals surface area contributed by atoms with Crippen molar-refractivity contribution in [1.29, 1.82) is 0 Å². The molecule has 0 fully saturated rings. The van der Waals surface area contributed by atoms with Crippen molar-refractivity contribution in [1.82, 2.24) is 14.5 Å². The predicted octanol–water partition coefficient (Wildman–Crippen LogP) is 3.99. The molecule has 3 rings (SSSR count). The SMILES string of the molecule is C=CCn1c(CN(CCOC)C(=O)c2cccc(Cl)c2)cnc1S(=O)(=O)Cc1ccccc1. The van der Waals surface area contributed by atoms with E-state index in [1.165, 1.54) is 6.20 Å². The molecule has 0 aliphatic carbocycles. The van der Waals surface area contributed by atoms with Crippen molar-refractivity contribution in [2.75, 3.05) is 20.3 Å². The Morgan fingerprint density at radius 3 is 2.64 bits per heavy atom. The van der Waals surface area contributed by atoms with Gasteiger partial charge in [-0.25, -0.2) is 13.4 Å². The van der Waals surface area contributed by atoms with Gasteiger partial charge in [0.25, 0.3) is 5.91 Å². The number of nitrogens with zero attached hydrogens (tertiary/aromatic N) is 3. The molecule has 33 heavy (non-hydrogen) atoms. The van der Waals surface area contributed by atoms with Crippen LogP contribution in [0.4, 0.5) is 0 Å². The number of hydrogen-bond acceptors (Lipinski definition) is 5. The van der Waals surface area contributed by atoms with Gasteiger partial charge in [-0.2, -0.15) is 0 Å². The minimum Gasteiger partial charge on any atom is -0.383 e. The summed E-state index contributed by atoms with van der Waals surface area (Å²) in [7, 11) is -2.16. The van der Waals surface area contributed by atoms with Crippen molar-refractivity contribution in [3.8, 4) is 0 Å². The second kappa shape index (κ2) is 11.3. The summed E-state index contributed by atoms with van der Waals surface area (Å²) in [5.41, 5.74) is 1.68. The second-order valence-corrected chi connectivity index (χ2v) is 9.73. The Morgan fingerprint density at radius 2 is 1.97 bits per heavy atom. The van der Waals surface area contributed by atoms with Crippen LogP contribution >= 0.6 is 11.6 Å². The van der Waals surface area contributed by atoms with Crippen LogP contribution in [0.3, 0.4) is 0 Å². The van der Waals surface area contributed by atoms with Gasteiger partial charge in [0.15, 0.2) is 0 Å². The van der Waals surface area contributed by atoms with Gasteiger partial charge in [-0.05, 0) is 23.8 Å². The lowest BCUT2D eigenvalue weighted by atomic mass is 10.2. The van der Waals surface area contributed by atoms with Crippen molar-refractivity contribution in [2.24, 2.45) is 0 Å². The highest BCUT2D eigenvalue weighted by Crippen LogP contribution is 2.20. The third-order valence-corrected chi connectivity index (χ3v) is 6.80. The third-order valence-electron chi connectivity index (χ3n) is 4.97. The molecule has 0 bridgehead atoms. The summed E-state index contributed by atoms with van der Waals surface area (Å²) < 4.78 is 33.0. The summed E-state index contributed by atoms with van der Waals surface area (Å²) in [5.74, 6) is -0.411. The van der Waals surface area contributed by atoms with E-state index in [4.69, 9.17) is 16.3 Å². The Morgan fingerprint density at radius 1 is 1.21 bits per heavy atom. The van der Waals surface area contributed by atoms with E-state index < -0.39 is 9.84 Å². The lowest BCUT2D eigenvalue weighted by Gasteiger charge is -2.23. The van der Waals surface area contributed by atoms with Gasteiger partial charge < -0.3 is 14.2 Å². The van der Waals surface area contributed by atoms with Crippen LogP contribution in [-0.2, 0) is 33.4 Å². The molecule has 0 atom stereocenters. The molecule has 0 aliphatic rings. The quantitative estimate of drug-likeness (QED) is 0.382. The van der Waals surface area contributed by atoms with Gasteiger partial charge in [0.2, 0.25) is 15.0 Å². The fourth-order valence-electron chi connectivity index (χ4n) is 3.40. The maximum Gasteiger partial charge on any atom is 0.254 e. The first-order chi connectivity index (χ1) is 15.9. The summed E-state index contributed by atoms with van der Waals surface area (Å²) in [4.78, 5) is 19.0. The number of methoxy groups -OCH3 is 1. The van der Waals surface area contributed by atoms with Crippen LogP contribution in [0.25, 0.3) is 0 Å². The normalized spacial score (nSPS) is 11.3. The highest BCUT2D eigenvalue weighted by Gasteiger charge is 2.25. The van der Waals surface area contributed by atoms with E-state index >= 15 is 0 Å². The van der Waals surface area contributed by atoms with Gasteiger partial charge in [0.05, 0.1) is 30.8 Å². The molecule has 0 aliphatic heterocycles. The largest absolute Gasteiger partial charge is 0.383 e. The second-order valence-electron chi connectivity index (χ2n) is 7.41. The Labute approximate surface area is 199 Å². The molecule has 0 N–H and O–H groups in total. The highest BCUT2D eigenvalue weighted by molar-refractivity contribution is 7.90. The van der Waals surface area contributed by atoms with E-state index in [1.54, 1.807) is 71.2 Å². The predicted molar refractivity (Wildman–Crippen MR) is 128 cm³/mol. The van der Waals surface area contributed by atoms with Gasteiger partial charge in [0.1, 0.15) is 0 Å². The van der Waals surface area contributed by atoms with E-state index in [-0.39, 0.29) is 29.9 Å². The van der Waals surface area contributed by atoms with Crippen LogP contribution in [-0.4, -0.2) is 49.0 Å². The Kier molecular flexibility index (Phi) is 8.43. The standard InChI is InChI=1S/C24H26ClN3O4S/c1-3-12-28-22(16-26-24(28)33(30,31)18-19-8-5-4-6-9-19)17-27(13-14-32-2)23(29)20-10-7-11-21(25)15-20/h3-11,15-16H,1,12-14,17-18H2,2H3. The molecule has 1 amide bonds. The smallest absolute Gasteiger partial charge is 0.254 e. The zero-order chi connectivity index (χ0) is 23.8. The van der Waals surface area contributed by atoms with Gasteiger partial charge in [-0.15, -0.1) is 6.58 Å². The average molecular weight is 488 g/mol. The zero-order valence-electron chi connectivity index (χ0n) is 18.4. The molecule has 9 heteroatoms. The molecule has 7 nitrogen and oxygen atoms in total. The monoisotopic (exact) mass is 487 g/mol. The summed E-state index contributed by atoms with van der Waals surface area (Å²) in [6.07, 6.45) is 3.09. The first kappa shape index (κ1) is 24.7. The van der Waals surface area contributed by atoms with Crippen molar-refractivity contribution >= 4 is 27.3 Å². The number of amides is 1. The number of rotatable bonds is 11. The van der Waals surface area contributed by atoms with Crippen LogP contribution < -0.4 is 0 Å². The van der Waals surface area contributed by atoms with Crippen LogP contribution in [0.2, 0.25) is 5.02 Å². The minimum atomic E-state index is -3.72. The van der Waals surface area contributed by atoms with E-state index in [2.05, 4.69) is 11.6 Å². The highest BCUT2D eigenvalue weighted by atomic mass is 35.5. The number of hydrogen-bond donors (Lipinski definition) is 0. The summed E-state index contributed by atoms with van der Waals surface area (Å²) in [5, 5.41) is 0.404. The lowest BCUT2D eigenvalue weighted by Crippen LogP contribution is -2.34. The molecule has 3 aromatic rings. The molecule has 0 radical (unpaired) electrons. The van der Waals surface area contributed by atoms with E-state index in [0.717, 1.165) is 0 Å². The molecule has 1 aromatic heterocycles. The van der Waals surface area contributed by atoms with Crippen LogP contribution in [0.1, 0.15) is 21.6 Å². The van der Waals surface area contributed by atoms with Crippen LogP contribution in [0.15, 0.2) is 78.6 Å². The van der Waals surface area contributed by atoms with E-state index in [9.17, 15) is 13.2 Å². The molecular formula is C24H26ClN3O4S. The van der Waals surface area contributed by atoms with Crippen molar-refractivity contribution in [3.05, 3.63) is 95.3 Å². The number of carbonyl (C=O) groups excluding carboxylic acids is 1. The third kappa shape index (κ3) is 6.31. The first-order valence-corrected chi connectivity index (χ1v) is 12.3. The number of halogens is 1. The fourth-order valence-corrected chi connectivity index (χ4v) is 5.09. The summed E-state index contributed by atoms with van der Waals surface area (Å²) in [6, 6.07) is 15.6. The number of sulfone groups is 1. The maximum atomic E-state index is 13.2. The van der Waals surface area contributed by atoms with Gasteiger partial charge >= 0.3 is 0 Å². The number of carbonyl (C=O) groups is 1. The van der Waals surface area contributed by atoms with Gasteiger partial charge in [-0.1, -0.05) is 54.1 Å². The van der Waals surface area contributed by atoms with Gasteiger partial charge in [0, 0.05) is 30.8 Å². The van der Waals surface area contributed by atoms with Crippen molar-refractivity contribution < 1.29 is 17.9 Å². The topological polar surface area (TPSA) is 81.5 Å². The Hall–Kier alpha value is -2.94. The van der Waals surface area contributed by atoms with Crippen LogP contribution in [0, 0.1) is 0 Å². The average Bonchev–Trinajstić information content (AvgIpc) is 3.20. The fraction of sp³-hybridized carbons (Fsp3) is 0.250. The summed E-state index contributed by atoms with van der Waals surface area (Å²) in [6.45, 7) is 4.77. The molecule has 0 saturated carbocycles. The molecule has 1 heterocycles. The first-order valence-electron chi connectivity index (χ1n) is 10.3. The maximum absolute atomic E-state index is 13.2. The molecule has 0 saturated heterocycles. The number of allylic oxidation sites excluding steroid dienone is 1. The van der Waals surface area contributed by atoms with E-state index in [1.807, 2.05) is 6.07 Å². The summed E-state index contributed by atoms with van der Waals surface area (Å²) >= 11 is 6.06. The number of imidazole rings is 1. The zero-order valence-corrected chi connectivity index (χ0v) is 19.9. The van der Waals surface area contributed by atoms with E-state index in [0.29, 0.717) is 35.0 Å². The number of aromatic nitrogens is 2. The molecular weight excluding hydrogens is 462 g/mol. The Bertz CT molecular complexity index is 1210. The molecule has 174 valence electrons. The van der Waals surface area contributed by atoms with Crippen molar-refractivity contribution in [3.63, 3.8) is 0 Å². The minimum absolute atomic E-state index is 0.0526. The number of ether oxygens (including phenoxy) is 1. The molecule has 0 spiro atoms. The number of benzene rings is 2. The molecule has 0 unspecified atom stereocenters. The van der Waals surface area contributed by atoms with Crippen LogP contribution in [0.5, 0.6) is 0 Å². The lowest BCUT2D eigenvalue weighted by molar-refractivity contribution is 0.0675.